The summed E-state index contributed by atoms with van der Waals surface area (Å²) in [6.45, 7) is 4.48. The lowest BCUT2D eigenvalue weighted by atomic mass is 9.88. The van der Waals surface area contributed by atoms with Gasteiger partial charge in [-0.25, -0.2) is 0 Å². The minimum Gasteiger partial charge on any atom is -0.388 e. The van der Waals surface area contributed by atoms with E-state index in [0.29, 0.717) is 17.1 Å². The molecule has 3 N–H and O–H groups in total. The highest BCUT2D eigenvalue weighted by atomic mass is 79.9. The Morgan fingerprint density at radius 2 is 1.86 bits per heavy atom. The summed E-state index contributed by atoms with van der Waals surface area (Å²) in [7, 11) is 0. The maximum Gasteiger partial charge on any atom is 0.0885 e. The highest BCUT2D eigenvalue weighted by Crippen LogP contribution is 2.35. The Bertz CT molecular complexity index is 645. The topological polar surface area (TPSA) is 46.2 Å². The zero-order chi connectivity index (χ0) is 15.6. The SMILES string of the molecule is Cc1ccc(C(CN)C(O)c2cc(Br)ccc2Cl)cc1C. The van der Waals surface area contributed by atoms with Crippen molar-refractivity contribution in [3.63, 3.8) is 0 Å². The van der Waals surface area contributed by atoms with Crippen molar-refractivity contribution in [1.29, 1.82) is 0 Å². The molecule has 0 heterocycles. The van der Waals surface area contributed by atoms with E-state index in [1.54, 1.807) is 6.07 Å². The highest BCUT2D eigenvalue weighted by Gasteiger charge is 2.24. The molecule has 0 fully saturated rings. The van der Waals surface area contributed by atoms with Crippen molar-refractivity contribution >= 4 is 27.5 Å². The molecule has 2 aromatic rings. The molecular formula is C17H19BrClNO. The largest absolute Gasteiger partial charge is 0.388 e. The van der Waals surface area contributed by atoms with Crippen LogP contribution in [0.4, 0.5) is 0 Å². The molecule has 0 saturated heterocycles. The number of aryl methyl sites for hydroxylation is 2. The molecule has 2 unspecified atom stereocenters. The van der Waals surface area contributed by atoms with Gasteiger partial charge in [0.1, 0.15) is 0 Å². The summed E-state index contributed by atoms with van der Waals surface area (Å²) in [6.07, 6.45) is -0.734. The van der Waals surface area contributed by atoms with Crippen LogP contribution in [0.2, 0.25) is 5.02 Å². The second-order valence-corrected chi connectivity index (χ2v) is 6.62. The van der Waals surface area contributed by atoms with Gasteiger partial charge < -0.3 is 10.8 Å². The van der Waals surface area contributed by atoms with Crippen LogP contribution in [0.15, 0.2) is 40.9 Å². The number of hydrogen-bond acceptors (Lipinski definition) is 2. The third kappa shape index (κ3) is 3.67. The quantitative estimate of drug-likeness (QED) is 0.835. The molecule has 0 saturated carbocycles. The van der Waals surface area contributed by atoms with Crippen LogP contribution >= 0.6 is 27.5 Å². The van der Waals surface area contributed by atoms with Crippen LogP contribution in [0.25, 0.3) is 0 Å². The summed E-state index contributed by atoms with van der Waals surface area (Å²) in [5.41, 5.74) is 10.0. The predicted molar refractivity (Wildman–Crippen MR) is 91.8 cm³/mol. The molecule has 2 nitrogen and oxygen atoms in total. The molecule has 0 aliphatic rings. The second kappa shape index (κ2) is 6.93. The first kappa shape index (κ1) is 16.5. The van der Waals surface area contributed by atoms with Gasteiger partial charge in [-0.15, -0.1) is 0 Å². The predicted octanol–water partition coefficient (Wildman–Crippen LogP) is 4.50. The van der Waals surface area contributed by atoms with Gasteiger partial charge in [-0.2, -0.15) is 0 Å². The van der Waals surface area contributed by atoms with Crippen LogP contribution in [0, 0.1) is 13.8 Å². The van der Waals surface area contributed by atoms with E-state index in [9.17, 15) is 5.11 Å². The fourth-order valence-corrected chi connectivity index (χ4v) is 3.01. The molecule has 0 bridgehead atoms. The van der Waals surface area contributed by atoms with Gasteiger partial charge in [0, 0.05) is 27.5 Å². The Balaban J connectivity index is 2.40. The fraction of sp³-hybridized carbons (Fsp3) is 0.294. The van der Waals surface area contributed by atoms with Gasteiger partial charge in [0.15, 0.2) is 0 Å². The van der Waals surface area contributed by atoms with E-state index in [0.717, 1.165) is 10.0 Å². The standard InChI is InChI=1S/C17H19BrClNO/c1-10-3-4-12(7-11(10)2)15(9-20)17(21)14-8-13(18)5-6-16(14)19/h3-8,15,17,21H,9,20H2,1-2H3. The lowest BCUT2D eigenvalue weighted by molar-refractivity contribution is 0.147. The zero-order valence-corrected chi connectivity index (χ0v) is 14.4. The first-order valence-electron chi connectivity index (χ1n) is 6.84. The number of rotatable bonds is 4. The smallest absolute Gasteiger partial charge is 0.0885 e. The number of halogens is 2. The molecule has 2 aromatic carbocycles. The maximum atomic E-state index is 10.7. The molecule has 0 aromatic heterocycles. The van der Waals surface area contributed by atoms with E-state index in [1.165, 1.54) is 11.1 Å². The summed E-state index contributed by atoms with van der Waals surface area (Å²) >= 11 is 9.63. The first-order valence-corrected chi connectivity index (χ1v) is 8.01. The van der Waals surface area contributed by atoms with Gasteiger partial charge in [-0.05, 0) is 48.7 Å². The van der Waals surface area contributed by atoms with Gasteiger partial charge in [0.25, 0.3) is 0 Å². The van der Waals surface area contributed by atoms with Crippen LogP contribution in [-0.4, -0.2) is 11.7 Å². The third-order valence-electron chi connectivity index (χ3n) is 3.87. The second-order valence-electron chi connectivity index (χ2n) is 5.30. The zero-order valence-electron chi connectivity index (χ0n) is 12.1. The monoisotopic (exact) mass is 367 g/mol. The molecule has 112 valence electrons. The lowest BCUT2D eigenvalue weighted by Crippen LogP contribution is -2.20. The summed E-state index contributed by atoms with van der Waals surface area (Å²) < 4.78 is 0.886. The van der Waals surface area contributed by atoms with Crippen molar-refractivity contribution < 1.29 is 5.11 Å². The Kier molecular flexibility index (Phi) is 5.44. The normalized spacial score (nSPS) is 14.0. The van der Waals surface area contributed by atoms with Gasteiger partial charge >= 0.3 is 0 Å². The lowest BCUT2D eigenvalue weighted by Gasteiger charge is -2.24. The molecule has 21 heavy (non-hydrogen) atoms. The van der Waals surface area contributed by atoms with Crippen LogP contribution < -0.4 is 5.73 Å². The van der Waals surface area contributed by atoms with Crippen molar-refractivity contribution in [3.05, 3.63) is 68.1 Å². The number of nitrogens with two attached hydrogens (primary N) is 1. The molecule has 0 amide bonds. The van der Waals surface area contributed by atoms with Crippen LogP contribution in [0.5, 0.6) is 0 Å². The van der Waals surface area contributed by atoms with Crippen molar-refractivity contribution in [2.24, 2.45) is 5.73 Å². The van der Waals surface area contributed by atoms with Crippen molar-refractivity contribution in [2.75, 3.05) is 6.54 Å². The van der Waals surface area contributed by atoms with E-state index in [1.807, 2.05) is 18.2 Å². The Morgan fingerprint density at radius 1 is 1.14 bits per heavy atom. The van der Waals surface area contributed by atoms with E-state index in [4.69, 9.17) is 17.3 Å². The van der Waals surface area contributed by atoms with Crippen molar-refractivity contribution in [3.8, 4) is 0 Å². The third-order valence-corrected chi connectivity index (χ3v) is 4.71. The number of aliphatic hydroxyl groups excluding tert-OH is 1. The number of aliphatic hydroxyl groups is 1. The van der Waals surface area contributed by atoms with Crippen molar-refractivity contribution in [2.45, 2.75) is 25.9 Å². The molecule has 0 aliphatic carbocycles. The first-order chi connectivity index (χ1) is 9.93. The number of benzene rings is 2. The average molecular weight is 369 g/mol. The van der Waals surface area contributed by atoms with E-state index >= 15 is 0 Å². The van der Waals surface area contributed by atoms with E-state index in [-0.39, 0.29) is 5.92 Å². The number of hydrogen-bond donors (Lipinski definition) is 2. The van der Waals surface area contributed by atoms with Gasteiger partial charge in [-0.3, -0.25) is 0 Å². The Hall–Kier alpha value is -0.870. The molecule has 0 radical (unpaired) electrons. The van der Waals surface area contributed by atoms with Crippen LogP contribution in [0.3, 0.4) is 0 Å². The molecule has 0 spiro atoms. The van der Waals surface area contributed by atoms with Gasteiger partial charge in [0.2, 0.25) is 0 Å². The summed E-state index contributed by atoms with van der Waals surface area (Å²) in [6, 6.07) is 11.6. The summed E-state index contributed by atoms with van der Waals surface area (Å²) in [5, 5.41) is 11.3. The Labute approximate surface area is 139 Å². The average Bonchev–Trinajstić information content (AvgIpc) is 2.46. The molecule has 4 heteroatoms. The summed E-state index contributed by atoms with van der Waals surface area (Å²) in [4.78, 5) is 0. The van der Waals surface area contributed by atoms with E-state index < -0.39 is 6.10 Å². The summed E-state index contributed by atoms with van der Waals surface area (Å²) in [5.74, 6) is -0.184. The fourth-order valence-electron chi connectivity index (χ4n) is 2.40. The maximum absolute atomic E-state index is 10.7. The van der Waals surface area contributed by atoms with Crippen molar-refractivity contribution in [1.82, 2.24) is 0 Å². The minimum atomic E-state index is -0.734. The Morgan fingerprint density at radius 3 is 2.48 bits per heavy atom. The molecule has 2 atom stereocenters. The van der Waals surface area contributed by atoms with Gasteiger partial charge in [0.05, 0.1) is 6.10 Å². The van der Waals surface area contributed by atoms with E-state index in [2.05, 4.69) is 41.9 Å². The highest BCUT2D eigenvalue weighted by molar-refractivity contribution is 9.10. The molecule has 2 rings (SSSR count). The minimum absolute atomic E-state index is 0.184. The molecular weight excluding hydrogens is 350 g/mol. The van der Waals surface area contributed by atoms with Gasteiger partial charge in [-0.1, -0.05) is 45.7 Å². The van der Waals surface area contributed by atoms with Crippen LogP contribution in [0.1, 0.15) is 34.3 Å². The van der Waals surface area contributed by atoms with Crippen LogP contribution in [-0.2, 0) is 0 Å². The molecule has 0 aliphatic heterocycles.